The normalized spacial score (nSPS) is 18.5. The van der Waals surface area contributed by atoms with Crippen molar-refractivity contribution in [3.05, 3.63) is 29.8 Å². The zero-order valence-electron chi connectivity index (χ0n) is 12.1. The molecule has 1 aromatic rings. The van der Waals surface area contributed by atoms with Gasteiger partial charge < -0.3 is 10.5 Å². The minimum atomic E-state index is 0.249. The summed E-state index contributed by atoms with van der Waals surface area (Å²) >= 11 is 0. The summed E-state index contributed by atoms with van der Waals surface area (Å²) in [5.74, 6) is 0.945. The second-order valence-corrected chi connectivity index (χ2v) is 5.45. The number of hydrogen-bond donors (Lipinski definition) is 1. The van der Waals surface area contributed by atoms with Gasteiger partial charge in [-0.1, -0.05) is 37.5 Å². The van der Waals surface area contributed by atoms with E-state index in [1.165, 1.54) is 37.7 Å². The van der Waals surface area contributed by atoms with Crippen molar-refractivity contribution in [2.75, 3.05) is 20.7 Å². The molecule has 3 heteroatoms. The van der Waals surface area contributed by atoms with Crippen molar-refractivity contribution >= 4 is 0 Å². The molecule has 1 fully saturated rings. The zero-order valence-corrected chi connectivity index (χ0v) is 12.1. The Bertz CT molecular complexity index is 388. The summed E-state index contributed by atoms with van der Waals surface area (Å²) in [7, 11) is 3.94. The van der Waals surface area contributed by atoms with E-state index >= 15 is 0 Å². The summed E-state index contributed by atoms with van der Waals surface area (Å²) in [5, 5.41) is 0. The van der Waals surface area contributed by atoms with Gasteiger partial charge in [-0.25, -0.2) is 0 Å². The smallest absolute Gasteiger partial charge is 0.123 e. The van der Waals surface area contributed by atoms with Crippen molar-refractivity contribution in [1.29, 1.82) is 0 Å². The number of methoxy groups -OCH3 is 1. The van der Waals surface area contributed by atoms with Gasteiger partial charge in [0.05, 0.1) is 13.2 Å². The monoisotopic (exact) mass is 262 g/mol. The van der Waals surface area contributed by atoms with E-state index in [2.05, 4.69) is 24.1 Å². The van der Waals surface area contributed by atoms with Crippen molar-refractivity contribution in [2.24, 2.45) is 5.73 Å². The highest BCUT2D eigenvalue weighted by molar-refractivity contribution is 5.36. The maximum absolute atomic E-state index is 6.04. The molecule has 1 aliphatic rings. The minimum Gasteiger partial charge on any atom is -0.496 e. The van der Waals surface area contributed by atoms with Crippen LogP contribution in [0.15, 0.2) is 24.3 Å². The molecule has 19 heavy (non-hydrogen) atoms. The fourth-order valence-electron chi connectivity index (χ4n) is 3.20. The van der Waals surface area contributed by atoms with Crippen molar-refractivity contribution in [1.82, 2.24) is 4.90 Å². The number of nitrogens with two attached hydrogens (primary N) is 1. The molecule has 1 aliphatic carbocycles. The largest absolute Gasteiger partial charge is 0.496 e. The number of benzene rings is 1. The molecule has 0 heterocycles. The molecule has 1 saturated carbocycles. The topological polar surface area (TPSA) is 38.5 Å². The molecule has 106 valence electrons. The highest BCUT2D eigenvalue weighted by atomic mass is 16.5. The van der Waals surface area contributed by atoms with E-state index in [-0.39, 0.29) is 6.04 Å². The van der Waals surface area contributed by atoms with Crippen molar-refractivity contribution in [2.45, 2.75) is 44.2 Å². The van der Waals surface area contributed by atoms with Crippen molar-refractivity contribution < 1.29 is 4.74 Å². The Morgan fingerprint density at radius 2 is 1.95 bits per heavy atom. The van der Waals surface area contributed by atoms with E-state index < -0.39 is 0 Å². The first-order chi connectivity index (χ1) is 9.27. The second kappa shape index (κ2) is 6.92. The molecule has 2 N–H and O–H groups in total. The summed E-state index contributed by atoms with van der Waals surface area (Å²) in [4.78, 5) is 2.46. The van der Waals surface area contributed by atoms with Gasteiger partial charge in [-0.2, -0.15) is 0 Å². The quantitative estimate of drug-likeness (QED) is 0.886. The van der Waals surface area contributed by atoms with Crippen LogP contribution < -0.4 is 10.5 Å². The van der Waals surface area contributed by atoms with E-state index in [4.69, 9.17) is 10.5 Å². The molecule has 1 atom stereocenters. The predicted octanol–water partition coefficient (Wildman–Crippen LogP) is 2.96. The number of nitrogens with zero attached hydrogens (tertiary/aromatic N) is 1. The molecule has 2 rings (SSSR count). The van der Waals surface area contributed by atoms with Crippen LogP contribution in [0.25, 0.3) is 0 Å². The molecule has 0 radical (unpaired) electrons. The Kier molecular flexibility index (Phi) is 5.23. The molecule has 0 bridgehead atoms. The lowest BCUT2D eigenvalue weighted by molar-refractivity contribution is 0.139. The number of ether oxygens (including phenoxy) is 1. The lowest BCUT2D eigenvalue weighted by Gasteiger charge is -2.37. The lowest BCUT2D eigenvalue weighted by Crippen LogP contribution is -2.39. The molecule has 0 amide bonds. The maximum atomic E-state index is 6.04. The Morgan fingerprint density at radius 3 is 2.58 bits per heavy atom. The van der Waals surface area contributed by atoms with E-state index in [0.717, 1.165) is 5.75 Å². The summed E-state index contributed by atoms with van der Waals surface area (Å²) in [6.45, 7) is 0.632. The summed E-state index contributed by atoms with van der Waals surface area (Å²) in [6, 6.07) is 9.14. The summed E-state index contributed by atoms with van der Waals surface area (Å²) in [5.41, 5.74) is 7.25. The summed E-state index contributed by atoms with van der Waals surface area (Å²) < 4.78 is 5.48. The lowest BCUT2D eigenvalue weighted by atomic mass is 9.92. The Labute approximate surface area is 116 Å². The highest BCUT2D eigenvalue weighted by Crippen LogP contribution is 2.32. The highest BCUT2D eigenvalue weighted by Gasteiger charge is 2.26. The molecule has 1 unspecified atom stereocenters. The first-order valence-electron chi connectivity index (χ1n) is 7.33. The van der Waals surface area contributed by atoms with Crippen LogP contribution in [0.4, 0.5) is 0 Å². The van der Waals surface area contributed by atoms with Gasteiger partial charge in [0.2, 0.25) is 0 Å². The summed E-state index contributed by atoms with van der Waals surface area (Å²) in [6.07, 6.45) is 6.66. The average Bonchev–Trinajstić information content (AvgIpc) is 2.49. The van der Waals surface area contributed by atoms with Crippen LogP contribution in [0.2, 0.25) is 0 Å². The van der Waals surface area contributed by atoms with Crippen molar-refractivity contribution in [3.8, 4) is 5.75 Å². The Balaban J connectivity index is 2.18. The standard InChI is InChI=1S/C16H26N2O/c1-18(13-8-4-3-5-9-13)15(12-17)14-10-6-7-11-16(14)19-2/h6-7,10-11,13,15H,3-5,8-9,12,17H2,1-2H3. The minimum absolute atomic E-state index is 0.249. The van der Waals surface area contributed by atoms with Crippen LogP contribution >= 0.6 is 0 Å². The Hall–Kier alpha value is -1.06. The van der Waals surface area contributed by atoms with Crippen LogP contribution in [-0.4, -0.2) is 31.6 Å². The zero-order chi connectivity index (χ0) is 13.7. The van der Waals surface area contributed by atoms with Gasteiger partial charge in [0.25, 0.3) is 0 Å². The predicted molar refractivity (Wildman–Crippen MR) is 79.4 cm³/mol. The fourth-order valence-corrected chi connectivity index (χ4v) is 3.20. The van der Waals surface area contributed by atoms with Crippen molar-refractivity contribution in [3.63, 3.8) is 0 Å². The molecule has 0 saturated heterocycles. The van der Waals surface area contributed by atoms with Gasteiger partial charge in [-0.05, 0) is 26.0 Å². The molecule has 0 spiro atoms. The van der Waals surface area contributed by atoms with Crippen LogP contribution in [0.5, 0.6) is 5.75 Å². The van der Waals surface area contributed by atoms with Crippen LogP contribution in [0.1, 0.15) is 43.7 Å². The second-order valence-electron chi connectivity index (χ2n) is 5.45. The third kappa shape index (κ3) is 3.28. The van der Waals surface area contributed by atoms with Gasteiger partial charge in [0.1, 0.15) is 5.75 Å². The van der Waals surface area contributed by atoms with E-state index in [0.29, 0.717) is 12.6 Å². The number of likely N-dealkylation sites (N-methyl/N-ethyl adjacent to an activating group) is 1. The van der Waals surface area contributed by atoms with Gasteiger partial charge in [0, 0.05) is 18.2 Å². The Morgan fingerprint density at radius 1 is 1.26 bits per heavy atom. The average molecular weight is 262 g/mol. The third-order valence-corrected chi connectivity index (χ3v) is 4.36. The molecular weight excluding hydrogens is 236 g/mol. The van der Waals surface area contributed by atoms with Gasteiger partial charge in [-0.15, -0.1) is 0 Å². The molecule has 1 aromatic carbocycles. The van der Waals surface area contributed by atoms with E-state index in [1.807, 2.05) is 12.1 Å². The van der Waals surface area contributed by atoms with E-state index in [1.54, 1.807) is 7.11 Å². The maximum Gasteiger partial charge on any atom is 0.123 e. The van der Waals surface area contributed by atoms with Crippen LogP contribution in [-0.2, 0) is 0 Å². The molecular formula is C16H26N2O. The number of rotatable bonds is 5. The molecule has 0 aromatic heterocycles. The van der Waals surface area contributed by atoms with Crippen LogP contribution in [0, 0.1) is 0 Å². The van der Waals surface area contributed by atoms with Crippen LogP contribution in [0.3, 0.4) is 0 Å². The van der Waals surface area contributed by atoms with Gasteiger partial charge in [-0.3, -0.25) is 4.90 Å². The first kappa shape index (κ1) is 14.4. The van der Waals surface area contributed by atoms with E-state index in [9.17, 15) is 0 Å². The van der Waals surface area contributed by atoms with Gasteiger partial charge in [0.15, 0.2) is 0 Å². The van der Waals surface area contributed by atoms with Gasteiger partial charge >= 0.3 is 0 Å². The fraction of sp³-hybridized carbons (Fsp3) is 0.625. The molecule has 3 nitrogen and oxygen atoms in total. The third-order valence-electron chi connectivity index (χ3n) is 4.36. The molecule has 0 aliphatic heterocycles. The number of para-hydroxylation sites is 1. The first-order valence-corrected chi connectivity index (χ1v) is 7.33. The SMILES string of the molecule is COc1ccccc1C(CN)N(C)C1CCCCC1. The number of hydrogen-bond acceptors (Lipinski definition) is 3.